The van der Waals surface area contributed by atoms with Crippen molar-refractivity contribution in [2.75, 3.05) is 7.11 Å². The van der Waals surface area contributed by atoms with Crippen molar-refractivity contribution in [3.05, 3.63) is 53.9 Å². The van der Waals surface area contributed by atoms with E-state index in [4.69, 9.17) is 4.74 Å². The zero-order valence-electron chi connectivity index (χ0n) is 13.2. The minimum Gasteiger partial charge on any atom is -0.493 e. The largest absolute Gasteiger partial charge is 0.493 e. The lowest BCUT2D eigenvalue weighted by molar-refractivity contribution is -0.0512. The van der Waals surface area contributed by atoms with E-state index in [2.05, 4.69) is 20.8 Å². The van der Waals surface area contributed by atoms with Crippen LogP contribution in [-0.2, 0) is 0 Å². The molecule has 0 atom stereocenters. The van der Waals surface area contributed by atoms with Gasteiger partial charge < -0.3 is 14.5 Å². The molecule has 0 saturated heterocycles. The molecule has 1 N–H and O–H groups in total. The predicted octanol–water partition coefficient (Wildman–Crippen LogP) is 4.24. The quantitative estimate of drug-likeness (QED) is 0.705. The number of benzene rings is 2. The van der Waals surface area contributed by atoms with Crippen LogP contribution in [0, 0.1) is 11.3 Å². The van der Waals surface area contributed by atoms with Crippen molar-refractivity contribution >= 4 is 22.7 Å². The highest BCUT2D eigenvalue weighted by Crippen LogP contribution is 2.31. The molecular formula is C18H13F2N3O2. The number of nitrogens with one attached hydrogen (secondary N) is 1. The molecule has 5 nitrogen and oxygen atoms in total. The van der Waals surface area contributed by atoms with Crippen LogP contribution in [0.3, 0.4) is 0 Å². The first-order valence-electron chi connectivity index (χ1n) is 7.30. The number of nitrogens with zero attached hydrogens (tertiary/aromatic N) is 2. The monoisotopic (exact) mass is 341 g/mol. The number of alkyl halides is 2. The SMILES string of the molecule is COc1ccc(C=C(C#N)c2nc3ccccc3[nH]2)cc1OC(F)F. The topological polar surface area (TPSA) is 70.9 Å². The number of fused-ring (bicyclic) bond motifs is 1. The van der Waals surface area contributed by atoms with Gasteiger partial charge in [0, 0.05) is 0 Å². The number of ether oxygens (including phenoxy) is 2. The van der Waals surface area contributed by atoms with Crippen LogP contribution in [-0.4, -0.2) is 23.7 Å². The number of methoxy groups -OCH3 is 1. The molecule has 0 aliphatic carbocycles. The van der Waals surface area contributed by atoms with Gasteiger partial charge in [-0.3, -0.25) is 0 Å². The van der Waals surface area contributed by atoms with E-state index >= 15 is 0 Å². The Bertz CT molecular complexity index is 941. The van der Waals surface area contributed by atoms with Crippen molar-refractivity contribution in [2.24, 2.45) is 0 Å². The van der Waals surface area contributed by atoms with E-state index in [1.54, 1.807) is 6.07 Å². The van der Waals surface area contributed by atoms with Gasteiger partial charge in [-0.05, 0) is 35.9 Å². The van der Waals surface area contributed by atoms with Gasteiger partial charge in [-0.2, -0.15) is 14.0 Å². The van der Waals surface area contributed by atoms with Crippen LogP contribution in [0.25, 0.3) is 22.7 Å². The molecule has 0 fully saturated rings. The Labute approximate surface area is 142 Å². The fourth-order valence-electron chi connectivity index (χ4n) is 2.37. The number of rotatable bonds is 5. The van der Waals surface area contributed by atoms with Gasteiger partial charge in [0.25, 0.3) is 0 Å². The molecule has 0 spiro atoms. The molecule has 2 aromatic carbocycles. The van der Waals surface area contributed by atoms with Crippen LogP contribution >= 0.6 is 0 Å². The zero-order chi connectivity index (χ0) is 17.8. The molecule has 126 valence electrons. The van der Waals surface area contributed by atoms with E-state index in [9.17, 15) is 14.0 Å². The Morgan fingerprint density at radius 1 is 1.24 bits per heavy atom. The summed E-state index contributed by atoms with van der Waals surface area (Å²) in [6, 6.07) is 14.0. The summed E-state index contributed by atoms with van der Waals surface area (Å²) in [5.41, 5.74) is 2.31. The molecule has 0 radical (unpaired) electrons. The molecule has 0 aliphatic rings. The Morgan fingerprint density at radius 2 is 2.04 bits per heavy atom. The van der Waals surface area contributed by atoms with Gasteiger partial charge in [0.15, 0.2) is 11.5 Å². The number of hydrogen-bond acceptors (Lipinski definition) is 4. The van der Waals surface area contributed by atoms with E-state index in [1.807, 2.05) is 24.3 Å². The normalized spacial score (nSPS) is 11.6. The summed E-state index contributed by atoms with van der Waals surface area (Å²) >= 11 is 0. The second-order valence-corrected chi connectivity index (χ2v) is 5.06. The van der Waals surface area contributed by atoms with Gasteiger partial charge in [0.1, 0.15) is 11.9 Å². The maximum Gasteiger partial charge on any atom is 0.387 e. The van der Waals surface area contributed by atoms with Crippen LogP contribution in [0.4, 0.5) is 8.78 Å². The fourth-order valence-corrected chi connectivity index (χ4v) is 2.37. The maximum absolute atomic E-state index is 12.5. The average Bonchev–Trinajstić information content (AvgIpc) is 3.03. The van der Waals surface area contributed by atoms with Crippen molar-refractivity contribution in [3.8, 4) is 17.6 Å². The van der Waals surface area contributed by atoms with E-state index in [1.165, 1.54) is 25.3 Å². The first-order chi connectivity index (χ1) is 12.1. The number of para-hydroxylation sites is 2. The Balaban J connectivity index is 2.00. The summed E-state index contributed by atoms with van der Waals surface area (Å²) < 4.78 is 34.5. The molecule has 1 aromatic heterocycles. The minimum absolute atomic E-state index is 0.104. The van der Waals surface area contributed by atoms with Gasteiger partial charge in [-0.1, -0.05) is 18.2 Å². The Hall–Kier alpha value is -3.40. The Morgan fingerprint density at radius 3 is 2.72 bits per heavy atom. The highest BCUT2D eigenvalue weighted by atomic mass is 19.3. The zero-order valence-corrected chi connectivity index (χ0v) is 13.2. The lowest BCUT2D eigenvalue weighted by Crippen LogP contribution is -2.03. The lowest BCUT2D eigenvalue weighted by atomic mass is 10.1. The standard InChI is InChI=1S/C18H13F2N3O2/c1-24-15-7-6-11(9-16(15)25-18(19)20)8-12(10-21)17-22-13-4-2-3-5-14(13)23-17/h2-9,18H,1H3,(H,22,23). The number of halogens is 2. The number of imidazole rings is 1. The summed E-state index contributed by atoms with van der Waals surface area (Å²) in [7, 11) is 1.36. The van der Waals surface area contributed by atoms with E-state index in [0.717, 1.165) is 11.0 Å². The molecule has 0 unspecified atom stereocenters. The molecular weight excluding hydrogens is 328 g/mol. The number of nitriles is 1. The molecule has 0 saturated carbocycles. The lowest BCUT2D eigenvalue weighted by Gasteiger charge is -2.10. The van der Waals surface area contributed by atoms with E-state index in [-0.39, 0.29) is 17.1 Å². The average molecular weight is 341 g/mol. The first-order valence-corrected chi connectivity index (χ1v) is 7.30. The van der Waals surface area contributed by atoms with Gasteiger partial charge >= 0.3 is 6.61 Å². The molecule has 0 amide bonds. The van der Waals surface area contributed by atoms with Gasteiger partial charge in [-0.25, -0.2) is 4.98 Å². The number of hydrogen-bond donors (Lipinski definition) is 1. The predicted molar refractivity (Wildman–Crippen MR) is 89.2 cm³/mol. The molecule has 0 aliphatic heterocycles. The number of allylic oxidation sites excluding steroid dienone is 1. The van der Waals surface area contributed by atoms with E-state index in [0.29, 0.717) is 11.4 Å². The van der Waals surface area contributed by atoms with Gasteiger partial charge in [-0.15, -0.1) is 0 Å². The third kappa shape index (κ3) is 3.58. The maximum atomic E-state index is 12.5. The highest BCUT2D eigenvalue weighted by Gasteiger charge is 2.12. The van der Waals surface area contributed by atoms with Gasteiger partial charge in [0.2, 0.25) is 0 Å². The summed E-state index contributed by atoms with van der Waals surface area (Å²) in [5.74, 6) is 0.476. The Kier molecular flexibility index (Phi) is 4.61. The van der Waals surface area contributed by atoms with Crippen LogP contribution < -0.4 is 9.47 Å². The van der Waals surface area contributed by atoms with Crippen molar-refractivity contribution in [2.45, 2.75) is 6.61 Å². The smallest absolute Gasteiger partial charge is 0.387 e. The van der Waals surface area contributed by atoms with E-state index < -0.39 is 6.61 Å². The minimum atomic E-state index is -2.97. The fraction of sp³-hybridized carbons (Fsp3) is 0.111. The highest BCUT2D eigenvalue weighted by molar-refractivity contribution is 5.90. The van der Waals surface area contributed by atoms with Crippen LogP contribution in [0.1, 0.15) is 11.4 Å². The van der Waals surface area contributed by atoms with Crippen molar-refractivity contribution in [1.29, 1.82) is 5.26 Å². The van der Waals surface area contributed by atoms with Gasteiger partial charge in [0.05, 0.1) is 23.7 Å². The molecule has 0 bridgehead atoms. The second-order valence-electron chi connectivity index (χ2n) is 5.06. The molecule has 1 heterocycles. The summed E-state index contributed by atoms with van der Waals surface area (Å²) in [4.78, 5) is 7.42. The second kappa shape index (κ2) is 7.01. The van der Waals surface area contributed by atoms with Crippen molar-refractivity contribution < 1.29 is 18.3 Å². The molecule has 3 rings (SSSR count). The van der Waals surface area contributed by atoms with Crippen molar-refractivity contribution in [3.63, 3.8) is 0 Å². The van der Waals surface area contributed by atoms with Crippen molar-refractivity contribution in [1.82, 2.24) is 9.97 Å². The molecule has 7 heteroatoms. The number of aromatic nitrogens is 2. The van der Waals surface area contributed by atoms with Crippen LogP contribution in [0.2, 0.25) is 0 Å². The third-order valence-corrected chi connectivity index (χ3v) is 3.48. The number of aromatic amines is 1. The summed E-state index contributed by atoms with van der Waals surface area (Å²) in [5, 5.41) is 9.43. The third-order valence-electron chi connectivity index (χ3n) is 3.48. The molecule has 3 aromatic rings. The molecule has 25 heavy (non-hydrogen) atoms. The number of H-pyrrole nitrogens is 1. The van der Waals surface area contributed by atoms with Crippen LogP contribution in [0.15, 0.2) is 42.5 Å². The van der Waals surface area contributed by atoms with Crippen LogP contribution in [0.5, 0.6) is 11.5 Å². The first kappa shape index (κ1) is 16.5. The summed E-state index contributed by atoms with van der Waals surface area (Å²) in [6.07, 6.45) is 1.54. The summed E-state index contributed by atoms with van der Waals surface area (Å²) in [6.45, 7) is -2.97.